The van der Waals surface area contributed by atoms with E-state index in [2.05, 4.69) is 45.2 Å². The third-order valence-electron chi connectivity index (χ3n) is 7.11. The summed E-state index contributed by atoms with van der Waals surface area (Å²) in [4.78, 5) is 0. The van der Waals surface area contributed by atoms with E-state index in [4.69, 9.17) is 0 Å². The molecule has 0 aromatic heterocycles. The molecule has 0 aromatic carbocycles. The third-order valence-corrected chi connectivity index (χ3v) is 10.7. The highest BCUT2D eigenvalue weighted by atomic mass is 127. The van der Waals surface area contributed by atoms with E-state index < -0.39 is 0 Å². The minimum Gasteiger partial charge on any atom is -0.396 e. The number of aliphatic hydroxyl groups excluding tert-OH is 1. The van der Waals surface area contributed by atoms with E-state index in [-0.39, 0.29) is 0 Å². The molecule has 6 rings (SSSR count). The summed E-state index contributed by atoms with van der Waals surface area (Å²) in [6.07, 6.45) is 2.68. The van der Waals surface area contributed by atoms with Crippen molar-refractivity contribution >= 4 is 45.2 Å². The first kappa shape index (κ1) is 10.2. The van der Waals surface area contributed by atoms with E-state index >= 15 is 0 Å². The number of aliphatic hydroxyl groups is 1. The third kappa shape index (κ3) is 0.705. The van der Waals surface area contributed by atoms with Gasteiger partial charge >= 0.3 is 0 Å². The van der Waals surface area contributed by atoms with Crippen molar-refractivity contribution in [2.45, 2.75) is 20.7 Å². The molecule has 0 radical (unpaired) electrons. The molecular formula is C13H16I2O. The predicted octanol–water partition coefficient (Wildman–Crippen LogP) is 2.73. The van der Waals surface area contributed by atoms with Crippen molar-refractivity contribution in [2.24, 2.45) is 46.8 Å². The highest BCUT2D eigenvalue weighted by Crippen LogP contribution is 2.89. The summed E-state index contributed by atoms with van der Waals surface area (Å²) in [6, 6.07) is 0. The van der Waals surface area contributed by atoms with Gasteiger partial charge in [0.25, 0.3) is 0 Å². The molecule has 0 aromatic rings. The molecule has 0 unspecified atom stereocenters. The van der Waals surface area contributed by atoms with Crippen LogP contribution < -0.4 is 0 Å². The van der Waals surface area contributed by atoms with Crippen LogP contribution in [-0.4, -0.2) is 19.6 Å². The van der Waals surface area contributed by atoms with Crippen molar-refractivity contribution in [1.82, 2.24) is 0 Å². The fourth-order valence-electron chi connectivity index (χ4n) is 7.38. The Morgan fingerprint density at radius 2 is 1.88 bits per heavy atom. The Morgan fingerprint density at radius 1 is 1.06 bits per heavy atom. The Morgan fingerprint density at radius 3 is 2.62 bits per heavy atom. The lowest BCUT2D eigenvalue weighted by Gasteiger charge is -2.42. The Labute approximate surface area is 123 Å². The molecule has 88 valence electrons. The van der Waals surface area contributed by atoms with Gasteiger partial charge in [0.05, 0.1) is 0 Å². The van der Waals surface area contributed by atoms with Crippen LogP contribution in [0.4, 0.5) is 0 Å². The highest BCUT2D eigenvalue weighted by Gasteiger charge is 2.87. The first-order valence-electron chi connectivity index (χ1n) is 6.62. The van der Waals surface area contributed by atoms with Crippen LogP contribution in [0.2, 0.25) is 0 Å². The first-order valence-corrected chi connectivity index (χ1v) is 9.11. The van der Waals surface area contributed by atoms with Crippen molar-refractivity contribution in [3.63, 3.8) is 0 Å². The van der Waals surface area contributed by atoms with E-state index in [0.717, 1.165) is 55.7 Å². The van der Waals surface area contributed by atoms with Gasteiger partial charge in [-0.15, -0.1) is 0 Å². The van der Waals surface area contributed by atoms with Gasteiger partial charge in [-0.3, -0.25) is 0 Å². The molecule has 0 aliphatic heterocycles. The largest absolute Gasteiger partial charge is 0.396 e. The molecule has 3 heteroatoms. The smallest absolute Gasteiger partial charge is 0.0436 e. The minimum atomic E-state index is 0.430. The topological polar surface area (TPSA) is 20.2 Å². The molecule has 0 heterocycles. The molecule has 0 spiro atoms. The van der Waals surface area contributed by atoms with E-state index in [9.17, 15) is 5.11 Å². The maximum absolute atomic E-state index is 9.50. The summed E-state index contributed by atoms with van der Waals surface area (Å²) in [5.41, 5.74) is 0.582. The molecule has 6 aliphatic carbocycles. The molecule has 6 saturated carbocycles. The lowest BCUT2D eigenvalue weighted by Crippen LogP contribution is -2.40. The Kier molecular flexibility index (Phi) is 1.78. The normalized spacial score (nSPS) is 76.3. The molecule has 16 heavy (non-hydrogen) atoms. The summed E-state index contributed by atoms with van der Waals surface area (Å²) in [5.74, 6) is 7.39. The molecular weight excluding hydrogens is 426 g/mol. The molecule has 1 nitrogen and oxygen atoms in total. The van der Waals surface area contributed by atoms with Gasteiger partial charge in [-0.1, -0.05) is 45.2 Å². The van der Waals surface area contributed by atoms with Gasteiger partial charge < -0.3 is 5.11 Å². The van der Waals surface area contributed by atoms with Gasteiger partial charge in [-0.05, 0) is 59.7 Å². The van der Waals surface area contributed by atoms with E-state index in [1.54, 1.807) is 6.42 Å². The average molecular weight is 442 g/mol. The Balaban J connectivity index is 1.76. The SMILES string of the molecule is OCC[C@]12[C@@H]3[C@H](I)[C@@H]4[C@H]5C[C@H]([C@@H]([C@H]53)[C@H]1I)[C@H]42. The summed E-state index contributed by atoms with van der Waals surface area (Å²) < 4.78 is 1.86. The van der Waals surface area contributed by atoms with E-state index in [0.29, 0.717) is 12.0 Å². The maximum Gasteiger partial charge on any atom is 0.0436 e. The predicted molar refractivity (Wildman–Crippen MR) is 78.8 cm³/mol. The number of halogens is 2. The summed E-state index contributed by atoms with van der Waals surface area (Å²) in [5, 5.41) is 9.50. The summed E-state index contributed by atoms with van der Waals surface area (Å²) >= 11 is 5.55. The Hall–Kier alpha value is 1.42. The standard InChI is InChI=1S/C13H16I2O/c14-11-8-4-3-5-7-6(4)10(11)13(1-2-16,9(5)8)12(7)15/h4-12,16H,1-3H2/t4-,5+,6-,7-,8+,9+,10-,11+,12+,13-/m0/s1. The van der Waals surface area contributed by atoms with Crippen molar-refractivity contribution < 1.29 is 5.11 Å². The average Bonchev–Trinajstić information content (AvgIpc) is 2.95. The van der Waals surface area contributed by atoms with Crippen LogP contribution in [0, 0.1) is 46.8 Å². The molecule has 6 aliphatic rings. The minimum absolute atomic E-state index is 0.430. The monoisotopic (exact) mass is 442 g/mol. The second kappa shape index (κ2) is 2.79. The van der Waals surface area contributed by atoms with Gasteiger partial charge in [-0.25, -0.2) is 0 Å². The number of hydrogen-bond donors (Lipinski definition) is 1. The zero-order valence-corrected chi connectivity index (χ0v) is 13.3. The van der Waals surface area contributed by atoms with E-state index in [1.807, 2.05) is 0 Å². The van der Waals surface area contributed by atoms with Gasteiger partial charge in [0, 0.05) is 14.5 Å². The second-order valence-electron chi connectivity index (χ2n) is 6.78. The quantitative estimate of drug-likeness (QED) is 0.516. The molecule has 0 amide bonds. The van der Waals surface area contributed by atoms with Crippen LogP contribution in [0.25, 0.3) is 0 Å². The molecule has 10 atom stereocenters. The van der Waals surface area contributed by atoms with E-state index in [1.165, 1.54) is 0 Å². The number of rotatable bonds is 2. The fourth-order valence-corrected chi connectivity index (χ4v) is 11.7. The lowest BCUT2D eigenvalue weighted by molar-refractivity contribution is 0.0361. The van der Waals surface area contributed by atoms with Crippen LogP contribution in [-0.2, 0) is 0 Å². The number of hydrogen-bond acceptors (Lipinski definition) is 1. The highest BCUT2D eigenvalue weighted by molar-refractivity contribution is 14.1. The molecule has 6 bridgehead atoms. The van der Waals surface area contributed by atoms with Crippen LogP contribution in [0.3, 0.4) is 0 Å². The van der Waals surface area contributed by atoms with Crippen molar-refractivity contribution in [3.8, 4) is 0 Å². The van der Waals surface area contributed by atoms with Crippen molar-refractivity contribution in [2.75, 3.05) is 6.61 Å². The van der Waals surface area contributed by atoms with Crippen molar-refractivity contribution in [3.05, 3.63) is 0 Å². The second-order valence-corrected chi connectivity index (χ2v) is 9.56. The molecule has 6 fully saturated rings. The van der Waals surface area contributed by atoms with Crippen LogP contribution >= 0.6 is 45.2 Å². The Bertz CT molecular complexity index is 382. The van der Waals surface area contributed by atoms with Crippen molar-refractivity contribution in [1.29, 1.82) is 0 Å². The zero-order valence-electron chi connectivity index (χ0n) is 9.02. The van der Waals surface area contributed by atoms with Gasteiger partial charge in [-0.2, -0.15) is 0 Å². The fraction of sp³-hybridized carbons (Fsp3) is 1.00. The first-order chi connectivity index (χ1) is 7.73. The van der Waals surface area contributed by atoms with Crippen LogP contribution in [0.1, 0.15) is 12.8 Å². The zero-order chi connectivity index (χ0) is 10.8. The summed E-state index contributed by atoms with van der Waals surface area (Å²) in [6.45, 7) is 0.430. The van der Waals surface area contributed by atoms with Gasteiger partial charge in [0.15, 0.2) is 0 Å². The summed E-state index contributed by atoms with van der Waals surface area (Å²) in [7, 11) is 0. The van der Waals surface area contributed by atoms with Gasteiger partial charge in [0.2, 0.25) is 0 Å². The maximum atomic E-state index is 9.50. The van der Waals surface area contributed by atoms with Crippen LogP contribution in [0.15, 0.2) is 0 Å². The number of alkyl halides is 2. The molecule has 1 N–H and O–H groups in total. The van der Waals surface area contributed by atoms with Crippen LogP contribution in [0.5, 0.6) is 0 Å². The lowest BCUT2D eigenvalue weighted by atomic mass is 9.62. The molecule has 0 saturated heterocycles. The van der Waals surface area contributed by atoms with Gasteiger partial charge in [0.1, 0.15) is 0 Å².